The summed E-state index contributed by atoms with van der Waals surface area (Å²) in [7, 11) is 1.52. The molecule has 0 bridgehead atoms. The number of nitrogens with zero attached hydrogens (tertiary/aromatic N) is 3. The van der Waals surface area contributed by atoms with E-state index in [9.17, 15) is 22.4 Å². The standard InChI is InChI=1S/C17H16ClF4N3O2/c1-9(10-3-5-11(27-2)6-4-10)24-8-7-12(17(20,21)22)25-15(26)13(19)14(18)23-16(24)25/h3-6,9,12H,7-8H2,1-2H3/t9-,12+/m0/s1. The summed E-state index contributed by atoms with van der Waals surface area (Å²) in [5, 5.41) is -0.749. The van der Waals surface area contributed by atoms with E-state index >= 15 is 0 Å². The van der Waals surface area contributed by atoms with Crippen molar-refractivity contribution in [2.75, 3.05) is 18.6 Å². The number of ether oxygens (including phenoxy) is 1. The van der Waals surface area contributed by atoms with Gasteiger partial charge < -0.3 is 9.64 Å². The molecule has 3 rings (SSSR count). The lowest BCUT2D eigenvalue weighted by Crippen LogP contribution is -2.47. The molecule has 0 saturated heterocycles. The zero-order valence-electron chi connectivity index (χ0n) is 14.4. The Hall–Kier alpha value is -2.29. The van der Waals surface area contributed by atoms with Gasteiger partial charge in [-0.2, -0.15) is 22.5 Å². The van der Waals surface area contributed by atoms with E-state index in [0.717, 1.165) is 5.56 Å². The van der Waals surface area contributed by atoms with Gasteiger partial charge in [-0.3, -0.25) is 9.36 Å². The number of alkyl halides is 3. The maximum Gasteiger partial charge on any atom is 0.409 e. The van der Waals surface area contributed by atoms with Crippen LogP contribution in [0, 0.1) is 5.82 Å². The smallest absolute Gasteiger partial charge is 0.409 e. The maximum atomic E-state index is 13.9. The zero-order valence-corrected chi connectivity index (χ0v) is 15.2. The normalized spacial score (nSPS) is 18.2. The van der Waals surface area contributed by atoms with Gasteiger partial charge in [0.05, 0.1) is 13.2 Å². The molecule has 0 radical (unpaired) electrons. The van der Waals surface area contributed by atoms with Crippen molar-refractivity contribution in [2.24, 2.45) is 0 Å². The van der Waals surface area contributed by atoms with E-state index in [-0.39, 0.29) is 12.5 Å². The van der Waals surface area contributed by atoms with Gasteiger partial charge in [0.25, 0.3) is 5.56 Å². The topological polar surface area (TPSA) is 47.4 Å². The number of fused-ring (bicyclic) bond motifs is 1. The molecule has 2 atom stereocenters. The first-order chi connectivity index (χ1) is 12.6. The molecule has 1 aliphatic heterocycles. The van der Waals surface area contributed by atoms with Gasteiger partial charge in [0.1, 0.15) is 11.8 Å². The quantitative estimate of drug-likeness (QED) is 0.569. The second-order valence-electron chi connectivity index (χ2n) is 6.18. The van der Waals surface area contributed by atoms with Crippen LogP contribution in [0.5, 0.6) is 5.75 Å². The largest absolute Gasteiger partial charge is 0.497 e. The Morgan fingerprint density at radius 1 is 1.30 bits per heavy atom. The van der Waals surface area contributed by atoms with Gasteiger partial charge in [0.2, 0.25) is 11.8 Å². The highest BCUT2D eigenvalue weighted by Crippen LogP contribution is 2.40. The van der Waals surface area contributed by atoms with Crippen LogP contribution in [0.3, 0.4) is 0 Å². The second-order valence-corrected chi connectivity index (χ2v) is 6.54. The van der Waals surface area contributed by atoms with Crippen LogP contribution in [0.4, 0.5) is 23.5 Å². The van der Waals surface area contributed by atoms with E-state index in [1.165, 1.54) is 12.0 Å². The van der Waals surface area contributed by atoms with Crippen LogP contribution in [-0.2, 0) is 0 Å². The summed E-state index contributed by atoms with van der Waals surface area (Å²) >= 11 is 5.64. The van der Waals surface area contributed by atoms with Crippen LogP contribution in [0.15, 0.2) is 29.1 Å². The molecule has 1 aromatic heterocycles. The first-order valence-electron chi connectivity index (χ1n) is 8.10. The summed E-state index contributed by atoms with van der Waals surface area (Å²) in [5.41, 5.74) is -0.665. The molecule has 10 heteroatoms. The fraction of sp³-hybridized carbons (Fsp3) is 0.412. The van der Waals surface area contributed by atoms with E-state index in [4.69, 9.17) is 16.3 Å². The second kappa shape index (κ2) is 7.03. The first kappa shape index (κ1) is 19.5. The van der Waals surface area contributed by atoms with Crippen molar-refractivity contribution < 1.29 is 22.3 Å². The Labute approximate surface area is 157 Å². The third-order valence-electron chi connectivity index (χ3n) is 4.66. The molecule has 146 valence electrons. The zero-order chi connectivity index (χ0) is 19.9. The molecule has 1 aromatic carbocycles. The van der Waals surface area contributed by atoms with E-state index < -0.39 is 41.2 Å². The van der Waals surface area contributed by atoms with Crippen LogP contribution in [0.1, 0.15) is 31.0 Å². The lowest BCUT2D eigenvalue weighted by atomic mass is 10.0. The molecule has 0 N–H and O–H groups in total. The lowest BCUT2D eigenvalue weighted by molar-refractivity contribution is -0.171. The lowest BCUT2D eigenvalue weighted by Gasteiger charge is -2.39. The fourth-order valence-electron chi connectivity index (χ4n) is 3.19. The molecule has 27 heavy (non-hydrogen) atoms. The number of hydrogen-bond donors (Lipinski definition) is 0. The van der Waals surface area contributed by atoms with Crippen molar-refractivity contribution >= 4 is 17.5 Å². The van der Waals surface area contributed by atoms with Gasteiger partial charge in [-0.05, 0) is 31.0 Å². The van der Waals surface area contributed by atoms with Gasteiger partial charge in [-0.1, -0.05) is 23.7 Å². The van der Waals surface area contributed by atoms with E-state index in [1.54, 1.807) is 31.2 Å². The highest BCUT2D eigenvalue weighted by atomic mass is 35.5. The average molecular weight is 406 g/mol. The highest BCUT2D eigenvalue weighted by molar-refractivity contribution is 6.29. The monoisotopic (exact) mass is 405 g/mol. The van der Waals surface area contributed by atoms with Crippen molar-refractivity contribution in [1.82, 2.24) is 9.55 Å². The number of rotatable bonds is 3. The number of aromatic nitrogens is 2. The minimum absolute atomic E-state index is 0.0220. The first-order valence-corrected chi connectivity index (χ1v) is 8.47. The van der Waals surface area contributed by atoms with Crippen molar-refractivity contribution in [3.05, 3.63) is 51.2 Å². The van der Waals surface area contributed by atoms with Crippen molar-refractivity contribution in [3.8, 4) is 5.75 Å². The summed E-state index contributed by atoms with van der Waals surface area (Å²) < 4.78 is 59.5. The van der Waals surface area contributed by atoms with Crippen LogP contribution in [0.25, 0.3) is 0 Å². The van der Waals surface area contributed by atoms with Crippen molar-refractivity contribution in [3.63, 3.8) is 0 Å². The molecule has 0 amide bonds. The Kier molecular flexibility index (Phi) is 5.07. The minimum Gasteiger partial charge on any atom is -0.497 e. The van der Waals surface area contributed by atoms with Gasteiger partial charge in [0.15, 0.2) is 5.15 Å². The molecule has 5 nitrogen and oxygen atoms in total. The Balaban J connectivity index is 2.10. The van der Waals surface area contributed by atoms with Crippen LogP contribution >= 0.6 is 11.6 Å². The van der Waals surface area contributed by atoms with Gasteiger partial charge in [-0.15, -0.1) is 0 Å². The molecular weight excluding hydrogens is 390 g/mol. The molecular formula is C17H16ClF4N3O2. The molecule has 2 heterocycles. The SMILES string of the molecule is COc1ccc([C@H](C)N2CC[C@H](C(F)(F)F)n3c2nc(Cl)c(F)c3=O)cc1. The molecule has 0 fully saturated rings. The minimum atomic E-state index is -4.71. The van der Waals surface area contributed by atoms with Crippen LogP contribution < -0.4 is 15.2 Å². The molecule has 1 aliphatic rings. The van der Waals surface area contributed by atoms with E-state index in [2.05, 4.69) is 4.98 Å². The summed E-state index contributed by atoms with van der Waals surface area (Å²) in [6.45, 7) is 1.73. The highest BCUT2D eigenvalue weighted by Gasteiger charge is 2.46. The van der Waals surface area contributed by atoms with Gasteiger partial charge in [-0.25, -0.2) is 0 Å². The molecule has 0 unspecified atom stereocenters. The van der Waals surface area contributed by atoms with Gasteiger partial charge in [0, 0.05) is 6.54 Å². The molecule has 0 aliphatic carbocycles. The third-order valence-corrected chi connectivity index (χ3v) is 4.91. The summed E-state index contributed by atoms with van der Waals surface area (Å²) in [6.07, 6.45) is -5.12. The predicted octanol–water partition coefficient (Wildman–Crippen LogP) is 4.12. The van der Waals surface area contributed by atoms with Crippen molar-refractivity contribution in [2.45, 2.75) is 31.6 Å². The number of methoxy groups -OCH3 is 1. The van der Waals surface area contributed by atoms with Crippen LogP contribution in [0.2, 0.25) is 5.15 Å². The summed E-state index contributed by atoms with van der Waals surface area (Å²) in [4.78, 5) is 17.5. The van der Waals surface area contributed by atoms with E-state index in [1.807, 2.05) is 0 Å². The number of benzene rings is 1. The Morgan fingerprint density at radius 2 is 1.93 bits per heavy atom. The Morgan fingerprint density at radius 3 is 2.48 bits per heavy atom. The number of hydrogen-bond acceptors (Lipinski definition) is 4. The van der Waals surface area contributed by atoms with Crippen molar-refractivity contribution in [1.29, 1.82) is 0 Å². The molecule has 2 aromatic rings. The third kappa shape index (κ3) is 3.47. The molecule has 0 spiro atoms. The summed E-state index contributed by atoms with van der Waals surface area (Å²) in [5.74, 6) is -1.17. The van der Waals surface area contributed by atoms with Gasteiger partial charge >= 0.3 is 6.18 Å². The maximum absolute atomic E-state index is 13.9. The Bertz CT molecular complexity index is 899. The summed E-state index contributed by atoms with van der Waals surface area (Å²) in [6, 6.07) is 4.36. The number of halogens is 5. The predicted molar refractivity (Wildman–Crippen MR) is 91.9 cm³/mol. The van der Waals surface area contributed by atoms with E-state index in [0.29, 0.717) is 10.3 Å². The van der Waals surface area contributed by atoms with Crippen LogP contribution in [-0.4, -0.2) is 29.4 Å². The fourth-order valence-corrected chi connectivity index (χ4v) is 3.35. The number of anilines is 1. The average Bonchev–Trinajstić information content (AvgIpc) is 2.64. The molecule has 0 saturated carbocycles.